The van der Waals surface area contributed by atoms with Crippen LogP contribution < -0.4 is 0 Å². The fourth-order valence-electron chi connectivity index (χ4n) is 1.34. The molecule has 1 fully saturated rings. The van der Waals surface area contributed by atoms with E-state index in [4.69, 9.17) is 0 Å². The van der Waals surface area contributed by atoms with Crippen LogP contribution in [-0.2, 0) is 9.53 Å². The van der Waals surface area contributed by atoms with Crippen molar-refractivity contribution in [3.8, 4) is 0 Å². The summed E-state index contributed by atoms with van der Waals surface area (Å²) in [6.45, 7) is 0. The van der Waals surface area contributed by atoms with E-state index in [1.165, 1.54) is 0 Å². The minimum absolute atomic E-state index is 0.175. The minimum Gasteiger partial charge on any atom is -0.428 e. The molecule has 3 nitrogen and oxygen atoms in total. The van der Waals surface area contributed by atoms with Gasteiger partial charge in [0.05, 0.1) is 5.57 Å². The summed E-state index contributed by atoms with van der Waals surface area (Å²) in [5, 5.41) is 9.21. The molecule has 1 saturated heterocycles. The van der Waals surface area contributed by atoms with Crippen molar-refractivity contribution in [1.82, 2.24) is 0 Å². The predicted molar refractivity (Wildman–Crippen MR) is 45.6 cm³/mol. The summed E-state index contributed by atoms with van der Waals surface area (Å²) in [5.74, 6) is -0.432. The van der Waals surface area contributed by atoms with Gasteiger partial charge >= 0.3 is 5.97 Å². The average Bonchev–Trinajstić information content (AvgIpc) is 2.28. The van der Waals surface area contributed by atoms with Gasteiger partial charge in [0, 0.05) is 10.4 Å². The van der Waals surface area contributed by atoms with Crippen molar-refractivity contribution >= 4 is 21.9 Å². The van der Waals surface area contributed by atoms with Crippen molar-refractivity contribution in [1.29, 1.82) is 0 Å². The van der Waals surface area contributed by atoms with Crippen LogP contribution in [0.2, 0.25) is 0 Å². The zero-order chi connectivity index (χ0) is 8.72. The van der Waals surface area contributed by atoms with Crippen molar-refractivity contribution in [2.45, 2.75) is 17.5 Å². The van der Waals surface area contributed by atoms with Crippen LogP contribution in [0.25, 0.3) is 0 Å². The Morgan fingerprint density at radius 2 is 2.42 bits per heavy atom. The number of hydrogen-bond acceptors (Lipinski definition) is 3. The fraction of sp³-hybridized carbons (Fsp3) is 0.375. The molecule has 1 heterocycles. The molecule has 0 aromatic rings. The van der Waals surface area contributed by atoms with Gasteiger partial charge in [-0.3, -0.25) is 0 Å². The number of carbonyl (C=O) groups excluding carboxylic acids is 1. The highest BCUT2D eigenvalue weighted by molar-refractivity contribution is 9.09. The lowest BCUT2D eigenvalue weighted by Gasteiger charge is -2.09. The third-order valence-corrected chi connectivity index (χ3v) is 2.56. The first-order valence-electron chi connectivity index (χ1n) is 3.64. The third kappa shape index (κ3) is 1.11. The van der Waals surface area contributed by atoms with Crippen molar-refractivity contribution in [2.24, 2.45) is 0 Å². The van der Waals surface area contributed by atoms with E-state index >= 15 is 0 Å². The molecule has 1 aliphatic carbocycles. The smallest absolute Gasteiger partial charge is 0.340 e. The first kappa shape index (κ1) is 8.01. The number of carbonyl (C=O) groups is 1. The normalized spacial score (nSPS) is 33.7. The maximum absolute atomic E-state index is 11.1. The second kappa shape index (κ2) is 2.71. The lowest BCUT2D eigenvalue weighted by molar-refractivity contribution is -0.149. The number of fused-ring (bicyclic) bond motifs is 1. The lowest BCUT2D eigenvalue weighted by atomic mass is 10.00. The summed E-state index contributed by atoms with van der Waals surface area (Å²) in [6, 6.07) is 0. The van der Waals surface area contributed by atoms with Gasteiger partial charge in [0.2, 0.25) is 6.29 Å². The summed E-state index contributed by atoms with van der Waals surface area (Å²) in [6.07, 6.45) is 3.33. The Bertz CT molecular complexity index is 293. The Kier molecular flexibility index (Phi) is 1.81. The molecule has 2 aliphatic rings. The molecule has 0 aromatic heterocycles. The van der Waals surface area contributed by atoms with E-state index in [0.717, 1.165) is 6.42 Å². The molecule has 1 N–H and O–H groups in total. The van der Waals surface area contributed by atoms with E-state index in [-0.39, 0.29) is 4.83 Å². The van der Waals surface area contributed by atoms with Crippen LogP contribution in [0.4, 0.5) is 0 Å². The number of esters is 1. The molecule has 0 amide bonds. The van der Waals surface area contributed by atoms with Gasteiger partial charge in [-0.25, -0.2) is 4.79 Å². The number of aliphatic hydroxyl groups is 1. The zero-order valence-electron chi connectivity index (χ0n) is 6.16. The van der Waals surface area contributed by atoms with E-state index < -0.39 is 12.3 Å². The molecule has 0 bridgehead atoms. The molecule has 2 atom stereocenters. The summed E-state index contributed by atoms with van der Waals surface area (Å²) < 4.78 is 4.62. The maximum Gasteiger partial charge on any atom is 0.340 e. The Balaban J connectivity index is 2.39. The Morgan fingerprint density at radius 1 is 1.67 bits per heavy atom. The lowest BCUT2D eigenvalue weighted by Crippen LogP contribution is -2.08. The largest absolute Gasteiger partial charge is 0.428 e. The molecule has 1 aliphatic heterocycles. The molecule has 0 aromatic carbocycles. The third-order valence-electron chi connectivity index (χ3n) is 1.93. The highest BCUT2D eigenvalue weighted by atomic mass is 79.9. The molecule has 4 heteroatoms. The summed E-state index contributed by atoms with van der Waals surface area (Å²) >= 11 is 3.36. The van der Waals surface area contributed by atoms with Gasteiger partial charge in [-0.05, 0) is 6.42 Å². The number of cyclic esters (lactones) is 1. The predicted octanol–water partition coefficient (Wildman–Crippen LogP) is 0.882. The van der Waals surface area contributed by atoms with E-state index in [2.05, 4.69) is 20.7 Å². The van der Waals surface area contributed by atoms with Gasteiger partial charge in [0.15, 0.2) is 0 Å². The zero-order valence-corrected chi connectivity index (χ0v) is 7.74. The Morgan fingerprint density at radius 3 is 3.17 bits per heavy atom. The van der Waals surface area contributed by atoms with Gasteiger partial charge in [-0.2, -0.15) is 0 Å². The van der Waals surface area contributed by atoms with Crippen LogP contribution in [0.15, 0.2) is 23.3 Å². The topological polar surface area (TPSA) is 46.5 Å². The summed E-state index contributed by atoms with van der Waals surface area (Å²) in [5.41, 5.74) is 1.10. The van der Waals surface area contributed by atoms with E-state index in [1.54, 1.807) is 6.08 Å². The Labute approximate surface area is 77.8 Å². The first-order chi connectivity index (χ1) is 5.68. The molecule has 64 valence electrons. The van der Waals surface area contributed by atoms with Crippen molar-refractivity contribution in [3.63, 3.8) is 0 Å². The molecule has 0 spiro atoms. The average molecular weight is 231 g/mol. The van der Waals surface area contributed by atoms with Gasteiger partial charge in [0.25, 0.3) is 0 Å². The summed E-state index contributed by atoms with van der Waals surface area (Å²) in [4.78, 5) is 11.2. The molecular weight excluding hydrogens is 224 g/mol. The minimum atomic E-state index is -1.05. The highest BCUT2D eigenvalue weighted by Crippen LogP contribution is 2.31. The van der Waals surface area contributed by atoms with Crippen LogP contribution in [0.3, 0.4) is 0 Å². The second-order valence-electron chi connectivity index (χ2n) is 2.75. The molecular formula is C8H7BrO3. The molecule has 12 heavy (non-hydrogen) atoms. The second-order valence-corrected chi connectivity index (χ2v) is 3.93. The van der Waals surface area contributed by atoms with E-state index in [1.807, 2.05) is 6.08 Å². The number of hydrogen-bond donors (Lipinski definition) is 1. The monoisotopic (exact) mass is 230 g/mol. The van der Waals surface area contributed by atoms with Gasteiger partial charge in [0.1, 0.15) is 0 Å². The molecule has 0 radical (unpaired) electrons. The number of halogens is 1. The molecule has 2 unspecified atom stereocenters. The van der Waals surface area contributed by atoms with Crippen molar-refractivity contribution in [2.75, 3.05) is 0 Å². The quantitative estimate of drug-likeness (QED) is 0.497. The standard InChI is InChI=1S/C8H7BrO3/c9-4-1-2-5-6(3-4)8(11)12-7(5)10/h2-4,7,10H,1H2. The van der Waals surface area contributed by atoms with E-state index in [9.17, 15) is 9.90 Å². The fourth-order valence-corrected chi connectivity index (χ4v) is 1.79. The van der Waals surface area contributed by atoms with Crippen LogP contribution in [0.5, 0.6) is 0 Å². The maximum atomic E-state index is 11.1. The van der Waals surface area contributed by atoms with Crippen molar-refractivity contribution in [3.05, 3.63) is 23.3 Å². The number of aliphatic hydroxyl groups excluding tert-OH is 1. The summed E-state index contributed by atoms with van der Waals surface area (Å²) in [7, 11) is 0. The number of alkyl halides is 1. The molecule has 2 rings (SSSR count). The van der Waals surface area contributed by atoms with Gasteiger partial charge in [-0.1, -0.05) is 28.1 Å². The SMILES string of the molecule is O=C1OC(O)C2=CCC(Br)C=C12. The number of allylic oxidation sites excluding steroid dienone is 2. The van der Waals surface area contributed by atoms with Crippen molar-refractivity contribution < 1.29 is 14.6 Å². The highest BCUT2D eigenvalue weighted by Gasteiger charge is 2.34. The first-order valence-corrected chi connectivity index (χ1v) is 4.55. The van der Waals surface area contributed by atoms with Crippen LogP contribution >= 0.6 is 15.9 Å². The van der Waals surface area contributed by atoms with Gasteiger partial charge < -0.3 is 9.84 Å². The Hall–Kier alpha value is -0.610. The van der Waals surface area contributed by atoms with E-state index in [0.29, 0.717) is 11.1 Å². The van der Waals surface area contributed by atoms with Crippen LogP contribution in [-0.4, -0.2) is 22.2 Å². The van der Waals surface area contributed by atoms with Crippen LogP contribution in [0.1, 0.15) is 6.42 Å². The van der Waals surface area contributed by atoms with Gasteiger partial charge in [-0.15, -0.1) is 0 Å². The number of rotatable bonds is 0. The number of ether oxygens (including phenoxy) is 1. The van der Waals surface area contributed by atoms with Crippen LogP contribution in [0, 0.1) is 0 Å². The molecule has 0 saturated carbocycles.